The first kappa shape index (κ1) is 26.5. The van der Waals surface area contributed by atoms with E-state index in [4.69, 9.17) is 4.74 Å². The van der Waals surface area contributed by atoms with Gasteiger partial charge in [-0.2, -0.15) is 5.26 Å². The highest BCUT2D eigenvalue weighted by Gasteiger charge is 2.29. The lowest BCUT2D eigenvalue weighted by Gasteiger charge is -2.38. The highest BCUT2D eigenvalue weighted by atomic mass is 16.5. The quantitative estimate of drug-likeness (QED) is 0.579. The van der Waals surface area contributed by atoms with Crippen LogP contribution in [-0.4, -0.2) is 63.1 Å². The number of amides is 2. The van der Waals surface area contributed by atoms with E-state index in [9.17, 15) is 14.9 Å². The molecule has 1 aliphatic carbocycles. The number of methoxy groups -OCH3 is 1. The molecule has 8 nitrogen and oxygen atoms in total. The molecule has 8 heteroatoms. The molecule has 37 heavy (non-hydrogen) atoms. The Morgan fingerprint density at radius 3 is 2.49 bits per heavy atom. The van der Waals surface area contributed by atoms with Crippen molar-refractivity contribution in [3.05, 3.63) is 48.0 Å². The van der Waals surface area contributed by atoms with E-state index in [1.165, 1.54) is 13.3 Å². The Hall–Kier alpha value is -3.57. The summed E-state index contributed by atoms with van der Waals surface area (Å²) >= 11 is 0. The van der Waals surface area contributed by atoms with Crippen LogP contribution in [-0.2, 0) is 9.59 Å². The molecule has 0 spiro atoms. The predicted molar refractivity (Wildman–Crippen MR) is 146 cm³/mol. The van der Waals surface area contributed by atoms with Gasteiger partial charge in [0.2, 0.25) is 11.8 Å². The number of nitrogens with one attached hydrogen (secondary N) is 1. The lowest BCUT2D eigenvalue weighted by molar-refractivity contribution is -0.123. The van der Waals surface area contributed by atoms with E-state index in [1.54, 1.807) is 13.2 Å². The van der Waals surface area contributed by atoms with Crippen molar-refractivity contribution in [3.63, 3.8) is 0 Å². The smallest absolute Gasteiger partial charge is 0.230 e. The van der Waals surface area contributed by atoms with Crippen LogP contribution in [0.15, 0.2) is 42.5 Å². The van der Waals surface area contributed by atoms with Crippen LogP contribution in [0.3, 0.4) is 0 Å². The lowest BCUT2D eigenvalue weighted by atomic mass is 9.88. The fraction of sp³-hybridized carbons (Fsp3) is 0.483. The van der Waals surface area contributed by atoms with Gasteiger partial charge in [-0.05, 0) is 37.1 Å². The van der Waals surface area contributed by atoms with Gasteiger partial charge in [0.15, 0.2) is 0 Å². The molecular weight excluding hydrogens is 466 g/mol. The van der Waals surface area contributed by atoms with Crippen LogP contribution in [0, 0.1) is 17.2 Å². The molecule has 0 unspecified atom stereocenters. The van der Waals surface area contributed by atoms with E-state index in [2.05, 4.69) is 21.2 Å². The van der Waals surface area contributed by atoms with E-state index in [1.807, 2.05) is 41.3 Å². The number of rotatable bonds is 8. The van der Waals surface area contributed by atoms with E-state index in [0.717, 1.165) is 75.5 Å². The Bertz CT molecular complexity index is 1130. The average molecular weight is 504 g/mol. The molecule has 0 atom stereocenters. The number of hydrogen-bond donors (Lipinski definition) is 1. The van der Waals surface area contributed by atoms with Gasteiger partial charge in [-0.1, -0.05) is 31.4 Å². The van der Waals surface area contributed by atoms with Gasteiger partial charge in [0, 0.05) is 63.9 Å². The zero-order chi connectivity index (χ0) is 26.2. The zero-order valence-corrected chi connectivity index (χ0v) is 21.9. The first-order valence-electron chi connectivity index (χ1n) is 13.2. The van der Waals surface area contributed by atoms with E-state index >= 15 is 0 Å². The molecule has 4 rings (SSSR count). The molecule has 1 heterocycles. The highest BCUT2D eigenvalue weighted by Crippen LogP contribution is 2.32. The second-order valence-corrected chi connectivity index (χ2v) is 9.85. The first-order valence-corrected chi connectivity index (χ1v) is 13.2. The van der Waals surface area contributed by atoms with Crippen molar-refractivity contribution in [1.82, 2.24) is 4.90 Å². The number of nitriles is 1. The number of para-hydroxylation sites is 1. The number of benzene rings is 2. The van der Waals surface area contributed by atoms with Crippen LogP contribution in [0.5, 0.6) is 5.75 Å². The van der Waals surface area contributed by atoms with Gasteiger partial charge in [-0.3, -0.25) is 14.5 Å². The Morgan fingerprint density at radius 2 is 1.81 bits per heavy atom. The summed E-state index contributed by atoms with van der Waals surface area (Å²) in [7, 11) is 1.64. The molecule has 2 aromatic rings. The molecule has 1 N–H and O–H groups in total. The molecule has 1 aliphatic heterocycles. The fourth-order valence-corrected chi connectivity index (χ4v) is 5.40. The molecule has 1 saturated heterocycles. The third-order valence-electron chi connectivity index (χ3n) is 7.39. The lowest BCUT2D eigenvalue weighted by Crippen LogP contribution is -2.50. The van der Waals surface area contributed by atoms with Crippen LogP contribution in [0.25, 0.3) is 0 Å². The minimum Gasteiger partial charge on any atom is -0.495 e. The summed E-state index contributed by atoms with van der Waals surface area (Å²) in [5.41, 5.74) is 3.00. The number of nitrogens with zero attached hydrogens (tertiary/aromatic N) is 4. The van der Waals surface area contributed by atoms with Crippen LogP contribution >= 0.6 is 0 Å². The SMILES string of the molecule is COc1cc(NC(C)=O)ccc1N1CCN(CCN(C(=O)C2CCCCC2)c2ccccc2C#N)CC1. The second-order valence-electron chi connectivity index (χ2n) is 9.85. The number of ether oxygens (including phenoxy) is 1. The highest BCUT2D eigenvalue weighted by molar-refractivity contribution is 5.96. The summed E-state index contributed by atoms with van der Waals surface area (Å²) in [6.07, 6.45) is 5.27. The molecule has 2 aliphatic rings. The van der Waals surface area contributed by atoms with Crippen LogP contribution in [0.4, 0.5) is 17.1 Å². The van der Waals surface area contributed by atoms with E-state index in [0.29, 0.717) is 17.8 Å². The van der Waals surface area contributed by atoms with Gasteiger partial charge in [-0.25, -0.2) is 0 Å². The number of piperazine rings is 1. The summed E-state index contributed by atoms with van der Waals surface area (Å²) in [6.45, 7) is 6.21. The van der Waals surface area contributed by atoms with Crippen molar-refractivity contribution in [2.75, 3.05) is 61.5 Å². The normalized spacial score (nSPS) is 16.6. The van der Waals surface area contributed by atoms with Crippen molar-refractivity contribution >= 4 is 28.9 Å². The van der Waals surface area contributed by atoms with Crippen LogP contribution < -0.4 is 19.9 Å². The second kappa shape index (κ2) is 12.6. The van der Waals surface area contributed by atoms with Crippen molar-refractivity contribution in [3.8, 4) is 11.8 Å². The van der Waals surface area contributed by atoms with Gasteiger partial charge in [0.1, 0.15) is 11.8 Å². The maximum absolute atomic E-state index is 13.6. The summed E-state index contributed by atoms with van der Waals surface area (Å²) in [5.74, 6) is 0.823. The molecule has 196 valence electrons. The van der Waals surface area contributed by atoms with Crippen LogP contribution in [0.2, 0.25) is 0 Å². The number of hydrogen-bond acceptors (Lipinski definition) is 6. The Labute approximate surface area is 219 Å². The summed E-state index contributed by atoms with van der Waals surface area (Å²) < 4.78 is 5.60. The minimum atomic E-state index is -0.114. The summed E-state index contributed by atoms with van der Waals surface area (Å²) in [4.78, 5) is 31.5. The van der Waals surface area contributed by atoms with Crippen molar-refractivity contribution in [1.29, 1.82) is 5.26 Å². The molecule has 2 aromatic carbocycles. The predicted octanol–water partition coefficient (Wildman–Crippen LogP) is 4.26. The third kappa shape index (κ3) is 6.60. The minimum absolute atomic E-state index is 0.0466. The van der Waals surface area contributed by atoms with E-state index < -0.39 is 0 Å². The van der Waals surface area contributed by atoms with Crippen molar-refractivity contribution in [2.45, 2.75) is 39.0 Å². The van der Waals surface area contributed by atoms with Gasteiger partial charge >= 0.3 is 0 Å². The first-order chi connectivity index (χ1) is 18.0. The third-order valence-corrected chi connectivity index (χ3v) is 7.39. The zero-order valence-electron chi connectivity index (χ0n) is 21.9. The average Bonchev–Trinajstić information content (AvgIpc) is 2.93. The monoisotopic (exact) mass is 503 g/mol. The Balaban J connectivity index is 1.41. The van der Waals surface area contributed by atoms with E-state index in [-0.39, 0.29) is 17.7 Å². The molecule has 0 radical (unpaired) electrons. The number of carbonyl (C=O) groups excluding carboxylic acids is 2. The number of anilines is 3. The molecular formula is C29H37N5O3. The van der Waals surface area contributed by atoms with Crippen molar-refractivity contribution in [2.24, 2.45) is 5.92 Å². The summed E-state index contributed by atoms with van der Waals surface area (Å²) in [5, 5.41) is 12.5. The van der Waals surface area contributed by atoms with Crippen molar-refractivity contribution < 1.29 is 14.3 Å². The van der Waals surface area contributed by atoms with Crippen LogP contribution in [0.1, 0.15) is 44.6 Å². The molecule has 0 aromatic heterocycles. The standard InChI is InChI=1S/C29H37N5O3/c1-22(35)31-25-12-13-27(28(20-25)37-2)33-17-14-32(15-18-33)16-19-34(26-11-7-6-10-24(26)21-30)29(36)23-8-4-3-5-9-23/h6-7,10-13,20,23H,3-5,8-9,14-19H2,1-2H3,(H,31,35). The Morgan fingerprint density at radius 1 is 1.08 bits per heavy atom. The van der Waals surface area contributed by atoms with Gasteiger partial charge in [0.25, 0.3) is 0 Å². The largest absolute Gasteiger partial charge is 0.495 e. The van der Waals surface area contributed by atoms with Gasteiger partial charge in [-0.15, -0.1) is 0 Å². The van der Waals surface area contributed by atoms with Gasteiger partial charge in [0.05, 0.1) is 24.0 Å². The summed E-state index contributed by atoms with van der Waals surface area (Å²) in [6, 6.07) is 15.4. The number of carbonyl (C=O) groups is 2. The topological polar surface area (TPSA) is 88.9 Å². The fourth-order valence-electron chi connectivity index (χ4n) is 5.40. The molecule has 2 fully saturated rings. The van der Waals surface area contributed by atoms with Gasteiger partial charge < -0.3 is 19.9 Å². The maximum atomic E-state index is 13.6. The Kier molecular flexibility index (Phi) is 9.02. The molecule has 2 amide bonds. The molecule has 0 bridgehead atoms. The molecule has 1 saturated carbocycles. The maximum Gasteiger partial charge on any atom is 0.230 e.